The molecule has 0 aliphatic carbocycles. The summed E-state index contributed by atoms with van der Waals surface area (Å²) in [5.74, 6) is -0.467. The van der Waals surface area contributed by atoms with Crippen LogP contribution in [0.5, 0.6) is 0 Å². The van der Waals surface area contributed by atoms with Gasteiger partial charge in [-0.3, -0.25) is 4.79 Å². The molecule has 1 rings (SSSR count). The second-order valence-corrected chi connectivity index (χ2v) is 3.17. The fraction of sp³-hybridized carbons (Fsp3) is 0.300. The van der Waals surface area contributed by atoms with Crippen LogP contribution in [0.4, 0.5) is 0 Å². The molecule has 0 spiro atoms. The van der Waals surface area contributed by atoms with Crippen LogP contribution in [0.3, 0.4) is 0 Å². The van der Waals surface area contributed by atoms with Gasteiger partial charge in [0, 0.05) is 11.6 Å². The molecule has 0 saturated carbocycles. The van der Waals surface area contributed by atoms with Crippen molar-refractivity contribution in [2.24, 2.45) is 11.5 Å². The first kappa shape index (κ1) is 13.9. The third kappa shape index (κ3) is 3.87. The Hall–Kier alpha value is -1.10. The number of rotatable bonds is 4. The van der Waals surface area contributed by atoms with Crippen molar-refractivity contribution in [1.82, 2.24) is 0 Å². The lowest BCUT2D eigenvalue weighted by atomic mass is 10.0. The normalized spacial score (nSPS) is 11.6. The van der Waals surface area contributed by atoms with Crippen LogP contribution in [0, 0.1) is 0 Å². The van der Waals surface area contributed by atoms with Crippen LogP contribution in [-0.2, 0) is 6.42 Å². The molecule has 84 valence electrons. The highest BCUT2D eigenvalue weighted by Gasteiger charge is 2.09. The Morgan fingerprint density at radius 3 is 2.53 bits per heavy atom. The molecule has 4 nitrogen and oxygen atoms in total. The van der Waals surface area contributed by atoms with Crippen LogP contribution in [0.15, 0.2) is 24.3 Å². The summed E-state index contributed by atoms with van der Waals surface area (Å²) in [5, 5.41) is 8.78. The van der Waals surface area contributed by atoms with Crippen molar-refractivity contribution in [2.75, 3.05) is 6.61 Å². The maximum Gasteiger partial charge on any atom is 0.248 e. The maximum atomic E-state index is 11.0. The number of aliphatic hydroxyl groups is 1. The summed E-state index contributed by atoms with van der Waals surface area (Å²) in [6.07, 6.45) is 0.454. The van der Waals surface area contributed by atoms with Gasteiger partial charge in [-0.05, 0) is 18.1 Å². The molecule has 0 fully saturated rings. The van der Waals surface area contributed by atoms with Gasteiger partial charge in [0.25, 0.3) is 0 Å². The van der Waals surface area contributed by atoms with Crippen molar-refractivity contribution < 1.29 is 9.90 Å². The van der Waals surface area contributed by atoms with E-state index in [9.17, 15) is 4.79 Å². The van der Waals surface area contributed by atoms with Gasteiger partial charge in [-0.25, -0.2) is 0 Å². The van der Waals surface area contributed by atoms with Crippen molar-refractivity contribution in [1.29, 1.82) is 0 Å². The molecular formula is C10H15ClN2O2. The summed E-state index contributed by atoms with van der Waals surface area (Å²) in [6, 6.07) is 6.65. The molecular weight excluding hydrogens is 216 g/mol. The lowest BCUT2D eigenvalue weighted by Crippen LogP contribution is -2.28. The van der Waals surface area contributed by atoms with Crippen molar-refractivity contribution in [3.05, 3.63) is 35.4 Å². The van der Waals surface area contributed by atoms with Gasteiger partial charge in [0.15, 0.2) is 0 Å². The SMILES string of the molecule is Cl.NC(=O)c1ccccc1CC(N)CO. The number of aliphatic hydroxyl groups excluding tert-OH is 1. The number of carbonyl (C=O) groups excluding carboxylic acids is 1. The average Bonchev–Trinajstić information content (AvgIpc) is 2.18. The number of primary amides is 1. The summed E-state index contributed by atoms with van der Waals surface area (Å²) in [6.45, 7) is -0.104. The number of benzene rings is 1. The predicted octanol–water partition coefficient (Wildman–Crippen LogP) is 0.0694. The minimum atomic E-state index is -0.467. The maximum absolute atomic E-state index is 11.0. The van der Waals surface area contributed by atoms with Gasteiger partial charge < -0.3 is 16.6 Å². The molecule has 15 heavy (non-hydrogen) atoms. The van der Waals surface area contributed by atoms with E-state index in [0.29, 0.717) is 12.0 Å². The lowest BCUT2D eigenvalue weighted by Gasteiger charge is -2.10. The Bertz CT molecular complexity index is 331. The smallest absolute Gasteiger partial charge is 0.248 e. The quantitative estimate of drug-likeness (QED) is 0.684. The van der Waals surface area contributed by atoms with Crippen molar-refractivity contribution >= 4 is 18.3 Å². The summed E-state index contributed by atoms with van der Waals surface area (Å²) < 4.78 is 0. The standard InChI is InChI=1S/C10H14N2O2.ClH/c11-8(6-13)5-7-3-1-2-4-9(7)10(12)14;/h1-4,8,13H,5-6,11H2,(H2,12,14);1H. The van der Waals surface area contributed by atoms with Crippen LogP contribution >= 0.6 is 12.4 Å². The lowest BCUT2D eigenvalue weighted by molar-refractivity contribution is 0.0999. The zero-order valence-corrected chi connectivity index (χ0v) is 9.04. The highest BCUT2D eigenvalue weighted by Crippen LogP contribution is 2.09. The van der Waals surface area contributed by atoms with Crippen LogP contribution in [-0.4, -0.2) is 23.7 Å². The van der Waals surface area contributed by atoms with Gasteiger partial charge >= 0.3 is 0 Å². The average molecular weight is 231 g/mol. The summed E-state index contributed by atoms with van der Waals surface area (Å²) in [7, 11) is 0. The van der Waals surface area contributed by atoms with E-state index in [-0.39, 0.29) is 25.1 Å². The monoisotopic (exact) mass is 230 g/mol. The fourth-order valence-corrected chi connectivity index (χ4v) is 1.29. The first-order valence-corrected chi connectivity index (χ1v) is 4.39. The summed E-state index contributed by atoms with van der Waals surface area (Å²) in [4.78, 5) is 11.0. The van der Waals surface area contributed by atoms with Gasteiger partial charge in [0.05, 0.1) is 6.61 Å². The molecule has 0 heterocycles. The van der Waals surface area contributed by atoms with Gasteiger partial charge in [0.1, 0.15) is 0 Å². The number of nitrogens with two attached hydrogens (primary N) is 2. The number of hydrogen-bond donors (Lipinski definition) is 3. The zero-order valence-electron chi connectivity index (χ0n) is 8.22. The molecule has 1 aromatic carbocycles. The molecule has 1 atom stereocenters. The molecule has 0 bridgehead atoms. The van der Waals surface area contributed by atoms with Gasteiger partial charge in [-0.1, -0.05) is 18.2 Å². The zero-order chi connectivity index (χ0) is 10.6. The third-order valence-electron chi connectivity index (χ3n) is 2.00. The van der Waals surface area contributed by atoms with Crippen LogP contribution in [0.1, 0.15) is 15.9 Å². The number of carbonyl (C=O) groups is 1. The fourth-order valence-electron chi connectivity index (χ4n) is 1.29. The third-order valence-corrected chi connectivity index (χ3v) is 2.00. The van der Waals surface area contributed by atoms with E-state index in [1.165, 1.54) is 0 Å². The minimum Gasteiger partial charge on any atom is -0.395 e. The molecule has 0 aliphatic rings. The Kier molecular flexibility index (Phi) is 5.93. The Labute approximate surface area is 94.7 Å². The largest absolute Gasteiger partial charge is 0.395 e. The Morgan fingerprint density at radius 1 is 1.40 bits per heavy atom. The molecule has 0 radical (unpaired) electrons. The Morgan fingerprint density at radius 2 is 2.00 bits per heavy atom. The molecule has 0 aromatic heterocycles. The molecule has 0 aliphatic heterocycles. The van der Waals surface area contributed by atoms with Gasteiger partial charge in [0.2, 0.25) is 5.91 Å². The first-order chi connectivity index (χ1) is 6.65. The number of hydrogen-bond acceptors (Lipinski definition) is 3. The van der Waals surface area contributed by atoms with Crippen LogP contribution < -0.4 is 11.5 Å². The van der Waals surface area contributed by atoms with E-state index < -0.39 is 5.91 Å². The number of amides is 1. The highest BCUT2D eigenvalue weighted by molar-refractivity contribution is 5.94. The molecule has 1 aromatic rings. The summed E-state index contributed by atoms with van der Waals surface area (Å²) in [5.41, 5.74) is 12.0. The highest BCUT2D eigenvalue weighted by atomic mass is 35.5. The predicted molar refractivity (Wildman–Crippen MR) is 61.0 cm³/mol. The van der Waals surface area contributed by atoms with Gasteiger partial charge in [-0.2, -0.15) is 0 Å². The first-order valence-electron chi connectivity index (χ1n) is 4.39. The van der Waals surface area contributed by atoms with E-state index in [0.717, 1.165) is 5.56 Å². The number of halogens is 1. The van der Waals surface area contributed by atoms with Crippen molar-refractivity contribution in [2.45, 2.75) is 12.5 Å². The van der Waals surface area contributed by atoms with Crippen molar-refractivity contribution in [3.63, 3.8) is 0 Å². The molecule has 1 amide bonds. The second kappa shape index (κ2) is 6.40. The molecule has 1 unspecified atom stereocenters. The van der Waals surface area contributed by atoms with Crippen LogP contribution in [0.2, 0.25) is 0 Å². The van der Waals surface area contributed by atoms with E-state index in [4.69, 9.17) is 16.6 Å². The molecule has 5 N–H and O–H groups in total. The van der Waals surface area contributed by atoms with E-state index in [2.05, 4.69) is 0 Å². The summed E-state index contributed by atoms with van der Waals surface area (Å²) >= 11 is 0. The van der Waals surface area contributed by atoms with E-state index in [1.54, 1.807) is 18.2 Å². The Balaban J connectivity index is 0.00000196. The van der Waals surface area contributed by atoms with E-state index >= 15 is 0 Å². The molecule has 5 heteroatoms. The minimum absolute atomic E-state index is 0. The second-order valence-electron chi connectivity index (χ2n) is 3.17. The topological polar surface area (TPSA) is 89.3 Å². The van der Waals surface area contributed by atoms with Gasteiger partial charge in [-0.15, -0.1) is 12.4 Å². The van der Waals surface area contributed by atoms with E-state index in [1.807, 2.05) is 6.07 Å². The molecule has 0 saturated heterocycles. The van der Waals surface area contributed by atoms with Crippen molar-refractivity contribution in [3.8, 4) is 0 Å². The van der Waals surface area contributed by atoms with Crippen LogP contribution in [0.25, 0.3) is 0 Å².